The van der Waals surface area contributed by atoms with Gasteiger partial charge in [-0.25, -0.2) is 4.98 Å². The summed E-state index contributed by atoms with van der Waals surface area (Å²) in [5, 5.41) is 7.07. The second-order valence-electron chi connectivity index (χ2n) is 5.34. The van der Waals surface area contributed by atoms with E-state index in [1.54, 1.807) is 11.3 Å². The molecule has 0 amide bonds. The van der Waals surface area contributed by atoms with E-state index in [2.05, 4.69) is 27.5 Å². The topological polar surface area (TPSA) is 28.2 Å². The van der Waals surface area contributed by atoms with Gasteiger partial charge in [0.2, 0.25) is 0 Å². The second-order valence-corrected chi connectivity index (χ2v) is 6.41. The molecule has 19 heavy (non-hydrogen) atoms. The SMILES string of the molecule is Cc1nc(CN2CC[C@@H]3NCCC[C@@H]3C2)cs1.Cl.Cl. The Morgan fingerprint density at radius 3 is 3.00 bits per heavy atom. The van der Waals surface area contributed by atoms with Gasteiger partial charge >= 0.3 is 0 Å². The fraction of sp³-hybridized carbons (Fsp3) is 0.769. The van der Waals surface area contributed by atoms with E-state index in [1.165, 1.54) is 49.6 Å². The van der Waals surface area contributed by atoms with Gasteiger partial charge in [0.25, 0.3) is 0 Å². The fourth-order valence-corrected chi connectivity index (χ4v) is 3.78. The molecule has 0 aliphatic carbocycles. The Labute approximate surface area is 132 Å². The van der Waals surface area contributed by atoms with Crippen molar-refractivity contribution in [2.75, 3.05) is 19.6 Å². The quantitative estimate of drug-likeness (QED) is 0.907. The molecule has 2 aliphatic rings. The molecule has 0 radical (unpaired) electrons. The van der Waals surface area contributed by atoms with Crippen molar-refractivity contribution >= 4 is 36.2 Å². The molecule has 2 atom stereocenters. The smallest absolute Gasteiger partial charge is 0.0897 e. The summed E-state index contributed by atoms with van der Waals surface area (Å²) >= 11 is 1.77. The Kier molecular flexibility index (Phi) is 7.05. The van der Waals surface area contributed by atoms with E-state index in [-0.39, 0.29) is 24.8 Å². The van der Waals surface area contributed by atoms with Gasteiger partial charge in [0.15, 0.2) is 0 Å². The molecule has 110 valence electrons. The molecule has 1 aromatic heterocycles. The van der Waals surface area contributed by atoms with Gasteiger partial charge in [-0.05, 0) is 38.6 Å². The molecule has 0 aromatic carbocycles. The number of rotatable bonds is 2. The van der Waals surface area contributed by atoms with Crippen molar-refractivity contribution in [1.82, 2.24) is 15.2 Å². The number of hydrogen-bond acceptors (Lipinski definition) is 4. The maximum atomic E-state index is 4.57. The van der Waals surface area contributed by atoms with Crippen LogP contribution in [0, 0.1) is 12.8 Å². The Morgan fingerprint density at radius 1 is 1.42 bits per heavy atom. The zero-order valence-corrected chi connectivity index (χ0v) is 13.8. The number of thiazole rings is 1. The molecular formula is C13H23Cl2N3S. The van der Waals surface area contributed by atoms with Crippen LogP contribution in [-0.2, 0) is 6.54 Å². The van der Waals surface area contributed by atoms with Crippen LogP contribution in [0.4, 0.5) is 0 Å². The molecule has 0 spiro atoms. The predicted molar refractivity (Wildman–Crippen MR) is 85.8 cm³/mol. The minimum Gasteiger partial charge on any atom is -0.314 e. The summed E-state index contributed by atoms with van der Waals surface area (Å²) in [6.07, 6.45) is 4.07. The van der Waals surface area contributed by atoms with Gasteiger partial charge in [-0.15, -0.1) is 36.2 Å². The number of halogens is 2. The lowest BCUT2D eigenvalue weighted by Crippen LogP contribution is -2.51. The summed E-state index contributed by atoms with van der Waals surface area (Å²) in [7, 11) is 0. The molecule has 1 aromatic rings. The van der Waals surface area contributed by atoms with Crippen LogP contribution in [0.25, 0.3) is 0 Å². The van der Waals surface area contributed by atoms with Crippen molar-refractivity contribution in [3.05, 3.63) is 16.1 Å². The molecule has 2 saturated heterocycles. The third kappa shape index (κ3) is 4.30. The lowest BCUT2D eigenvalue weighted by molar-refractivity contribution is 0.108. The van der Waals surface area contributed by atoms with E-state index in [9.17, 15) is 0 Å². The van der Waals surface area contributed by atoms with Crippen LogP contribution in [0.5, 0.6) is 0 Å². The number of piperidine rings is 2. The maximum absolute atomic E-state index is 4.57. The van der Waals surface area contributed by atoms with Crippen molar-refractivity contribution in [1.29, 1.82) is 0 Å². The maximum Gasteiger partial charge on any atom is 0.0897 e. The number of aromatic nitrogens is 1. The number of fused-ring (bicyclic) bond motifs is 1. The van der Waals surface area contributed by atoms with Gasteiger partial charge in [0.1, 0.15) is 0 Å². The number of nitrogens with one attached hydrogen (secondary N) is 1. The van der Waals surface area contributed by atoms with Crippen molar-refractivity contribution < 1.29 is 0 Å². The summed E-state index contributed by atoms with van der Waals surface area (Å²) in [6.45, 7) is 6.85. The average molecular weight is 324 g/mol. The minimum absolute atomic E-state index is 0. The van der Waals surface area contributed by atoms with E-state index >= 15 is 0 Å². The van der Waals surface area contributed by atoms with Crippen LogP contribution in [0.2, 0.25) is 0 Å². The van der Waals surface area contributed by atoms with Crippen molar-refractivity contribution in [3.8, 4) is 0 Å². The van der Waals surface area contributed by atoms with Gasteiger partial charge in [-0.3, -0.25) is 4.90 Å². The van der Waals surface area contributed by atoms with Crippen LogP contribution in [0.15, 0.2) is 5.38 Å². The van der Waals surface area contributed by atoms with Gasteiger partial charge < -0.3 is 5.32 Å². The molecular weight excluding hydrogens is 301 g/mol. The van der Waals surface area contributed by atoms with Crippen LogP contribution in [0.3, 0.4) is 0 Å². The first-order chi connectivity index (χ1) is 8.31. The molecule has 3 nitrogen and oxygen atoms in total. The summed E-state index contributed by atoms with van der Waals surface area (Å²) < 4.78 is 0. The zero-order chi connectivity index (χ0) is 11.7. The van der Waals surface area contributed by atoms with Crippen LogP contribution >= 0.6 is 36.2 Å². The molecule has 0 unspecified atom stereocenters. The van der Waals surface area contributed by atoms with Crippen LogP contribution in [-0.4, -0.2) is 35.6 Å². The molecule has 1 N–H and O–H groups in total. The van der Waals surface area contributed by atoms with Gasteiger partial charge in [-0.2, -0.15) is 0 Å². The summed E-state index contributed by atoms with van der Waals surface area (Å²) in [6, 6.07) is 0.789. The van der Waals surface area contributed by atoms with E-state index in [0.717, 1.165) is 18.5 Å². The van der Waals surface area contributed by atoms with E-state index in [1.807, 2.05) is 0 Å². The summed E-state index contributed by atoms with van der Waals surface area (Å²) in [5.41, 5.74) is 1.26. The highest BCUT2D eigenvalue weighted by molar-refractivity contribution is 7.09. The minimum atomic E-state index is 0. The summed E-state index contributed by atoms with van der Waals surface area (Å²) in [4.78, 5) is 7.16. The Hall–Kier alpha value is 0.130. The monoisotopic (exact) mass is 323 g/mol. The standard InChI is InChI=1S/C13H21N3S.2ClH/c1-10-15-12(9-17-10)8-16-6-4-13-11(7-16)3-2-5-14-13;;/h9,11,13-14H,2-8H2,1H3;2*1H/t11-,13+;;/m1../s1. The van der Waals surface area contributed by atoms with Gasteiger partial charge in [0.05, 0.1) is 10.7 Å². The highest BCUT2D eigenvalue weighted by Gasteiger charge is 2.30. The zero-order valence-electron chi connectivity index (χ0n) is 11.3. The Balaban J connectivity index is 0.000000902. The molecule has 0 saturated carbocycles. The van der Waals surface area contributed by atoms with Crippen LogP contribution < -0.4 is 5.32 Å². The van der Waals surface area contributed by atoms with Gasteiger partial charge in [-0.1, -0.05) is 0 Å². The van der Waals surface area contributed by atoms with Crippen molar-refractivity contribution in [3.63, 3.8) is 0 Å². The van der Waals surface area contributed by atoms with E-state index in [0.29, 0.717) is 0 Å². The molecule has 2 aliphatic heterocycles. The molecule has 2 fully saturated rings. The number of likely N-dealkylation sites (tertiary alicyclic amines) is 1. The Morgan fingerprint density at radius 2 is 2.26 bits per heavy atom. The number of hydrogen-bond donors (Lipinski definition) is 1. The largest absolute Gasteiger partial charge is 0.314 e. The first kappa shape index (κ1) is 17.2. The van der Waals surface area contributed by atoms with Crippen LogP contribution in [0.1, 0.15) is 30.0 Å². The molecule has 0 bridgehead atoms. The molecule has 3 heterocycles. The third-order valence-electron chi connectivity index (χ3n) is 4.03. The average Bonchev–Trinajstić information content (AvgIpc) is 2.75. The normalized spacial score (nSPS) is 27.0. The lowest BCUT2D eigenvalue weighted by Gasteiger charge is -2.41. The highest BCUT2D eigenvalue weighted by atomic mass is 35.5. The second kappa shape index (κ2) is 7.79. The number of aryl methyl sites for hydroxylation is 1. The molecule has 6 heteroatoms. The van der Waals surface area contributed by atoms with Gasteiger partial charge in [0, 0.05) is 31.1 Å². The van der Waals surface area contributed by atoms with E-state index < -0.39 is 0 Å². The lowest BCUT2D eigenvalue weighted by atomic mass is 9.85. The van der Waals surface area contributed by atoms with E-state index in [4.69, 9.17) is 0 Å². The fourth-order valence-electron chi connectivity index (χ4n) is 3.17. The van der Waals surface area contributed by atoms with Crippen molar-refractivity contribution in [2.45, 2.75) is 38.8 Å². The summed E-state index contributed by atoms with van der Waals surface area (Å²) in [5.74, 6) is 0.872. The first-order valence-electron chi connectivity index (χ1n) is 6.68. The number of nitrogens with zero attached hydrogens (tertiary/aromatic N) is 2. The third-order valence-corrected chi connectivity index (χ3v) is 4.85. The predicted octanol–water partition coefficient (Wildman–Crippen LogP) is 2.87. The first-order valence-corrected chi connectivity index (χ1v) is 7.56. The Bertz CT molecular complexity index is 386. The highest BCUT2D eigenvalue weighted by Crippen LogP contribution is 2.25. The van der Waals surface area contributed by atoms with Crippen molar-refractivity contribution in [2.24, 2.45) is 5.92 Å². The molecule has 3 rings (SSSR count).